The van der Waals surface area contributed by atoms with Crippen molar-refractivity contribution in [3.05, 3.63) is 51.6 Å². The molecule has 1 heterocycles. The molecule has 0 bridgehead atoms. The van der Waals surface area contributed by atoms with Crippen LogP contribution in [0.2, 0.25) is 0 Å². The average molecular weight is 372 g/mol. The van der Waals surface area contributed by atoms with Crippen LogP contribution in [-0.2, 0) is 9.59 Å². The molecule has 2 N–H and O–H groups in total. The molecule has 1 aliphatic heterocycles. The summed E-state index contributed by atoms with van der Waals surface area (Å²) in [5.74, 6) is -4.72. The highest BCUT2D eigenvalue weighted by atomic mass is 16.6. The van der Waals surface area contributed by atoms with Gasteiger partial charge in [-0.3, -0.25) is 29.4 Å². The Labute approximate surface area is 150 Å². The molecule has 0 aromatic heterocycles. The van der Waals surface area contributed by atoms with Gasteiger partial charge < -0.3 is 10.2 Å². The molecule has 10 nitrogen and oxygen atoms in total. The molecule has 10 heteroatoms. The van der Waals surface area contributed by atoms with Crippen molar-refractivity contribution in [1.82, 2.24) is 4.90 Å². The van der Waals surface area contributed by atoms with Gasteiger partial charge in [0, 0.05) is 29.5 Å². The molecule has 1 atom stereocenters. The van der Waals surface area contributed by atoms with Crippen molar-refractivity contribution in [2.24, 2.45) is 0 Å². The number of non-ortho nitro benzene ring substituents is 1. The molecule has 1 aliphatic rings. The van der Waals surface area contributed by atoms with Gasteiger partial charge in [-0.25, -0.2) is 4.79 Å². The molecule has 0 saturated carbocycles. The smallest absolute Gasteiger partial charge is 0.326 e. The number of nitro groups is 1. The van der Waals surface area contributed by atoms with Gasteiger partial charge in [-0.15, -0.1) is 0 Å². The van der Waals surface area contributed by atoms with Crippen LogP contribution in [0.25, 0.3) is 10.8 Å². The minimum Gasteiger partial charge on any atom is -0.481 e. The Hall–Kier alpha value is -3.82. The van der Waals surface area contributed by atoms with Gasteiger partial charge in [0.2, 0.25) is 0 Å². The van der Waals surface area contributed by atoms with Crippen molar-refractivity contribution in [3.8, 4) is 0 Å². The van der Waals surface area contributed by atoms with Crippen LogP contribution in [-0.4, -0.2) is 49.8 Å². The lowest BCUT2D eigenvalue weighted by atomic mass is 9.92. The highest BCUT2D eigenvalue weighted by Crippen LogP contribution is 2.34. The Bertz CT molecular complexity index is 1030. The highest BCUT2D eigenvalue weighted by Gasteiger charge is 2.41. The molecule has 0 spiro atoms. The van der Waals surface area contributed by atoms with Crippen molar-refractivity contribution in [2.75, 3.05) is 0 Å². The Balaban J connectivity index is 2.19. The lowest BCUT2D eigenvalue weighted by Gasteiger charge is -2.31. The Morgan fingerprint density at radius 1 is 1.11 bits per heavy atom. The molecule has 2 aromatic carbocycles. The number of nitro benzene ring substituents is 1. The molecular weight excluding hydrogens is 360 g/mol. The van der Waals surface area contributed by atoms with Gasteiger partial charge >= 0.3 is 11.9 Å². The van der Waals surface area contributed by atoms with Gasteiger partial charge in [0.25, 0.3) is 17.5 Å². The number of hydrogen-bond donors (Lipinski definition) is 2. The van der Waals surface area contributed by atoms with Crippen LogP contribution in [0.1, 0.15) is 33.6 Å². The zero-order valence-corrected chi connectivity index (χ0v) is 13.6. The van der Waals surface area contributed by atoms with E-state index in [1.807, 2.05) is 0 Å². The number of rotatable bonds is 6. The molecule has 27 heavy (non-hydrogen) atoms. The number of hydrogen-bond acceptors (Lipinski definition) is 6. The molecule has 2 amide bonds. The number of amides is 2. The predicted molar refractivity (Wildman–Crippen MR) is 89.4 cm³/mol. The van der Waals surface area contributed by atoms with Crippen molar-refractivity contribution in [2.45, 2.75) is 18.9 Å². The van der Waals surface area contributed by atoms with E-state index in [0.29, 0.717) is 10.3 Å². The topological polar surface area (TPSA) is 155 Å². The van der Waals surface area contributed by atoms with E-state index in [4.69, 9.17) is 5.11 Å². The quantitative estimate of drug-likeness (QED) is 0.440. The number of aliphatic carboxylic acids is 2. The lowest BCUT2D eigenvalue weighted by Crippen LogP contribution is -2.50. The highest BCUT2D eigenvalue weighted by molar-refractivity contribution is 6.26. The van der Waals surface area contributed by atoms with Crippen LogP contribution in [0.15, 0.2) is 30.3 Å². The first-order valence-corrected chi connectivity index (χ1v) is 7.76. The Morgan fingerprint density at radius 2 is 1.78 bits per heavy atom. The van der Waals surface area contributed by atoms with E-state index in [0.717, 1.165) is 6.07 Å². The van der Waals surface area contributed by atoms with E-state index in [2.05, 4.69) is 0 Å². The number of nitrogens with zero attached hydrogens (tertiary/aromatic N) is 2. The fourth-order valence-electron chi connectivity index (χ4n) is 3.12. The van der Waals surface area contributed by atoms with Gasteiger partial charge in [0.1, 0.15) is 6.04 Å². The van der Waals surface area contributed by atoms with E-state index >= 15 is 0 Å². The fraction of sp³-hybridized carbons (Fsp3) is 0.176. The van der Waals surface area contributed by atoms with E-state index in [-0.39, 0.29) is 22.2 Å². The van der Waals surface area contributed by atoms with E-state index < -0.39 is 47.6 Å². The normalized spacial score (nSPS) is 14.3. The minimum atomic E-state index is -1.70. The van der Waals surface area contributed by atoms with E-state index in [1.165, 1.54) is 24.3 Å². The van der Waals surface area contributed by atoms with Crippen LogP contribution >= 0.6 is 0 Å². The largest absolute Gasteiger partial charge is 0.481 e. The van der Waals surface area contributed by atoms with E-state index in [1.54, 1.807) is 0 Å². The molecule has 138 valence electrons. The van der Waals surface area contributed by atoms with Crippen LogP contribution in [0.4, 0.5) is 5.69 Å². The second-order valence-corrected chi connectivity index (χ2v) is 5.92. The summed E-state index contributed by atoms with van der Waals surface area (Å²) in [6.45, 7) is 0. The summed E-state index contributed by atoms with van der Waals surface area (Å²) in [5, 5.41) is 29.9. The van der Waals surface area contributed by atoms with Crippen molar-refractivity contribution in [3.63, 3.8) is 0 Å². The first-order chi connectivity index (χ1) is 12.7. The molecule has 0 saturated heterocycles. The van der Waals surface area contributed by atoms with Crippen molar-refractivity contribution < 1.29 is 34.3 Å². The number of carboxylic acids is 2. The van der Waals surface area contributed by atoms with Gasteiger partial charge in [-0.2, -0.15) is 0 Å². The summed E-state index contributed by atoms with van der Waals surface area (Å²) in [6.07, 6.45) is -1.05. The van der Waals surface area contributed by atoms with Gasteiger partial charge in [-0.05, 0) is 17.9 Å². The molecule has 3 rings (SSSR count). The summed E-state index contributed by atoms with van der Waals surface area (Å²) in [5.41, 5.74) is -0.524. The molecule has 0 fully saturated rings. The predicted octanol–water partition coefficient (Wildman–Crippen LogP) is 1.66. The first-order valence-electron chi connectivity index (χ1n) is 7.76. The van der Waals surface area contributed by atoms with Gasteiger partial charge in [0.15, 0.2) is 0 Å². The summed E-state index contributed by atoms with van der Waals surface area (Å²) in [4.78, 5) is 58.9. The summed E-state index contributed by atoms with van der Waals surface area (Å²) in [6, 6.07) is 4.86. The third-order valence-electron chi connectivity index (χ3n) is 4.30. The third-order valence-corrected chi connectivity index (χ3v) is 4.30. The van der Waals surface area contributed by atoms with Gasteiger partial charge in [0.05, 0.1) is 10.5 Å². The number of benzene rings is 2. The maximum atomic E-state index is 12.9. The van der Waals surface area contributed by atoms with Crippen LogP contribution < -0.4 is 0 Å². The van der Waals surface area contributed by atoms with Crippen LogP contribution in [0.3, 0.4) is 0 Å². The van der Waals surface area contributed by atoms with E-state index in [9.17, 15) is 34.4 Å². The number of carboxylic acid groups (broad SMARTS) is 2. The molecule has 0 aliphatic carbocycles. The van der Waals surface area contributed by atoms with Gasteiger partial charge in [-0.1, -0.05) is 12.1 Å². The van der Waals surface area contributed by atoms with Crippen molar-refractivity contribution >= 4 is 40.2 Å². The summed E-state index contributed by atoms with van der Waals surface area (Å²) < 4.78 is 0. The Kier molecular flexibility index (Phi) is 4.32. The lowest BCUT2D eigenvalue weighted by molar-refractivity contribution is -0.384. The summed E-state index contributed by atoms with van der Waals surface area (Å²) in [7, 11) is 0. The third kappa shape index (κ3) is 2.97. The molecular formula is C17H12N2O8. The second-order valence-electron chi connectivity index (χ2n) is 5.92. The number of imide groups is 1. The monoisotopic (exact) mass is 372 g/mol. The van der Waals surface area contributed by atoms with Crippen molar-refractivity contribution in [1.29, 1.82) is 0 Å². The molecule has 1 unspecified atom stereocenters. The molecule has 2 aromatic rings. The fourth-order valence-corrected chi connectivity index (χ4v) is 3.12. The SMILES string of the molecule is O=C(O)CCC(C(=O)O)N1C(=O)c2cccc3cc([N+](=O)[O-])cc(c23)C1=O. The number of carbonyl (C=O) groups is 4. The summed E-state index contributed by atoms with van der Waals surface area (Å²) >= 11 is 0. The van der Waals surface area contributed by atoms with Crippen LogP contribution in [0.5, 0.6) is 0 Å². The standard InChI is InChI=1S/C17H12N2O8/c20-13(21)5-4-12(17(24)25)18-15(22)10-3-1-2-8-6-9(19(26)27)7-11(14(8)10)16(18)23/h1-3,6-7,12H,4-5H2,(H,20,21)(H,24,25). The maximum Gasteiger partial charge on any atom is 0.326 e. The number of carbonyl (C=O) groups excluding carboxylic acids is 2. The Morgan fingerprint density at radius 3 is 2.37 bits per heavy atom. The zero-order chi connectivity index (χ0) is 19.9. The second kappa shape index (κ2) is 6.48. The average Bonchev–Trinajstić information content (AvgIpc) is 2.61. The zero-order valence-electron chi connectivity index (χ0n) is 13.6. The molecule has 0 radical (unpaired) electrons. The minimum absolute atomic E-state index is 0.0265. The van der Waals surface area contributed by atoms with Crippen LogP contribution in [0, 0.1) is 10.1 Å². The first kappa shape index (κ1) is 18.0. The maximum absolute atomic E-state index is 12.9.